The van der Waals surface area contributed by atoms with E-state index in [0.717, 1.165) is 25.7 Å². The lowest BCUT2D eigenvalue weighted by molar-refractivity contribution is -0.156. The molecule has 0 bridgehead atoms. The van der Waals surface area contributed by atoms with Crippen LogP contribution in [0.5, 0.6) is 0 Å². The molecule has 3 heteroatoms. The van der Waals surface area contributed by atoms with Gasteiger partial charge in [0, 0.05) is 0 Å². The number of ether oxygens (including phenoxy) is 1. The second kappa shape index (κ2) is 4.88. The quantitative estimate of drug-likeness (QED) is 0.585. The Kier molecular flexibility index (Phi) is 3.98. The number of carbonyl (C=O) groups is 1. The van der Waals surface area contributed by atoms with E-state index in [0.29, 0.717) is 6.54 Å². The first-order valence-corrected chi connectivity index (χ1v) is 5.77. The van der Waals surface area contributed by atoms with Gasteiger partial charge in [0.25, 0.3) is 0 Å². The van der Waals surface area contributed by atoms with Crippen LogP contribution in [0.2, 0.25) is 0 Å². The van der Waals surface area contributed by atoms with E-state index in [-0.39, 0.29) is 11.4 Å². The molecule has 16 heavy (non-hydrogen) atoms. The molecular weight excluding hydrogens is 202 g/mol. The Morgan fingerprint density at radius 2 is 2.06 bits per heavy atom. The fourth-order valence-electron chi connectivity index (χ4n) is 2.66. The summed E-state index contributed by atoms with van der Waals surface area (Å²) in [6.07, 6.45) is 9.28. The summed E-state index contributed by atoms with van der Waals surface area (Å²) in [4.78, 5) is 12.1. The van der Waals surface area contributed by atoms with Gasteiger partial charge in [-0.3, -0.25) is 10.1 Å². The summed E-state index contributed by atoms with van der Waals surface area (Å²) in [7, 11) is 1.44. The van der Waals surface area contributed by atoms with Gasteiger partial charge >= 0.3 is 5.97 Å². The first kappa shape index (κ1) is 13.1. The zero-order valence-electron chi connectivity index (χ0n) is 10.4. The monoisotopic (exact) mass is 223 g/mol. The second-order valence-electron chi connectivity index (χ2n) is 5.05. The lowest BCUT2D eigenvalue weighted by Gasteiger charge is -2.48. The molecule has 3 nitrogen and oxygen atoms in total. The molecule has 1 unspecified atom stereocenters. The van der Waals surface area contributed by atoms with Crippen LogP contribution >= 0.6 is 0 Å². The third-order valence-electron chi connectivity index (χ3n) is 3.78. The number of hydrogen-bond acceptors (Lipinski definition) is 3. The van der Waals surface area contributed by atoms with E-state index in [1.54, 1.807) is 0 Å². The molecule has 0 aromatic rings. The average molecular weight is 223 g/mol. The van der Waals surface area contributed by atoms with E-state index in [9.17, 15) is 4.79 Å². The van der Waals surface area contributed by atoms with Gasteiger partial charge < -0.3 is 4.74 Å². The molecule has 1 saturated carbocycles. The fraction of sp³-hybridized carbons (Fsp3) is 0.769. The minimum atomic E-state index is -0.619. The molecule has 0 amide bonds. The molecule has 0 aliphatic heterocycles. The van der Waals surface area contributed by atoms with Crippen LogP contribution in [0.15, 0.2) is 0 Å². The highest BCUT2D eigenvalue weighted by Crippen LogP contribution is 2.44. The van der Waals surface area contributed by atoms with Crippen molar-refractivity contribution in [1.29, 1.82) is 0 Å². The summed E-state index contributed by atoms with van der Waals surface area (Å²) in [6, 6.07) is 0. The largest absolute Gasteiger partial charge is 0.468 e. The number of terminal acetylenes is 1. The summed E-state index contributed by atoms with van der Waals surface area (Å²) < 4.78 is 4.96. The normalized spacial score (nSPS) is 28.1. The molecule has 90 valence electrons. The number of nitrogens with one attached hydrogen (secondary N) is 1. The zero-order valence-corrected chi connectivity index (χ0v) is 10.4. The number of rotatable bonds is 3. The maximum Gasteiger partial charge on any atom is 0.326 e. The van der Waals surface area contributed by atoms with Gasteiger partial charge in [0.05, 0.1) is 13.7 Å². The van der Waals surface area contributed by atoms with E-state index < -0.39 is 5.54 Å². The van der Waals surface area contributed by atoms with Crippen molar-refractivity contribution >= 4 is 5.97 Å². The van der Waals surface area contributed by atoms with Crippen LogP contribution in [0.3, 0.4) is 0 Å². The first-order chi connectivity index (χ1) is 7.50. The van der Waals surface area contributed by atoms with Crippen molar-refractivity contribution in [2.24, 2.45) is 5.41 Å². The number of methoxy groups -OCH3 is 1. The summed E-state index contributed by atoms with van der Waals surface area (Å²) >= 11 is 0. The lowest BCUT2D eigenvalue weighted by Crippen LogP contribution is -2.63. The highest BCUT2D eigenvalue weighted by atomic mass is 16.5. The summed E-state index contributed by atoms with van der Waals surface area (Å²) in [6.45, 7) is 4.61. The summed E-state index contributed by atoms with van der Waals surface area (Å²) in [5.74, 6) is 2.35. The van der Waals surface area contributed by atoms with Crippen molar-refractivity contribution in [3.8, 4) is 12.3 Å². The number of carbonyl (C=O) groups excluding carboxylic acids is 1. The minimum Gasteiger partial charge on any atom is -0.468 e. The Balaban J connectivity index is 3.01. The number of esters is 1. The fourth-order valence-corrected chi connectivity index (χ4v) is 2.66. The molecule has 1 atom stereocenters. The van der Waals surface area contributed by atoms with Crippen LogP contribution in [0.4, 0.5) is 0 Å². The maximum atomic E-state index is 12.1. The highest BCUT2D eigenvalue weighted by Gasteiger charge is 2.52. The Morgan fingerprint density at radius 1 is 1.44 bits per heavy atom. The van der Waals surface area contributed by atoms with Gasteiger partial charge in [-0.15, -0.1) is 6.42 Å². The molecule has 1 rings (SSSR count). The van der Waals surface area contributed by atoms with Crippen molar-refractivity contribution in [1.82, 2.24) is 5.32 Å². The van der Waals surface area contributed by atoms with E-state index >= 15 is 0 Å². The molecule has 1 fully saturated rings. The third kappa shape index (κ3) is 2.08. The van der Waals surface area contributed by atoms with Crippen LogP contribution in [0.25, 0.3) is 0 Å². The highest BCUT2D eigenvalue weighted by molar-refractivity contribution is 5.82. The standard InChI is InChI=1S/C13H21NO2/c1-5-10-14-13(11(15)16-4)9-7-6-8-12(13,2)3/h1,14H,6-10H2,2-4H3. The van der Waals surface area contributed by atoms with Crippen LogP contribution in [0.1, 0.15) is 39.5 Å². The van der Waals surface area contributed by atoms with Crippen molar-refractivity contribution in [3.63, 3.8) is 0 Å². The van der Waals surface area contributed by atoms with Gasteiger partial charge in [-0.25, -0.2) is 0 Å². The van der Waals surface area contributed by atoms with Crippen molar-refractivity contribution < 1.29 is 9.53 Å². The first-order valence-electron chi connectivity index (χ1n) is 5.77. The predicted molar refractivity (Wildman–Crippen MR) is 63.8 cm³/mol. The Morgan fingerprint density at radius 3 is 2.56 bits per heavy atom. The number of hydrogen-bond donors (Lipinski definition) is 1. The summed E-state index contributed by atoms with van der Waals surface area (Å²) in [5, 5.41) is 3.22. The lowest BCUT2D eigenvalue weighted by atomic mass is 9.63. The van der Waals surface area contributed by atoms with Gasteiger partial charge in [-0.1, -0.05) is 32.6 Å². The van der Waals surface area contributed by atoms with Gasteiger partial charge in [0.2, 0.25) is 0 Å². The molecule has 1 N–H and O–H groups in total. The van der Waals surface area contributed by atoms with Crippen molar-refractivity contribution in [2.75, 3.05) is 13.7 Å². The van der Waals surface area contributed by atoms with Crippen LogP contribution < -0.4 is 5.32 Å². The molecule has 1 aliphatic carbocycles. The van der Waals surface area contributed by atoms with Crippen LogP contribution in [0, 0.1) is 17.8 Å². The Bertz CT molecular complexity index is 304. The topological polar surface area (TPSA) is 38.3 Å². The van der Waals surface area contributed by atoms with Gasteiger partial charge in [0.15, 0.2) is 0 Å². The van der Waals surface area contributed by atoms with Crippen LogP contribution in [-0.4, -0.2) is 25.2 Å². The second-order valence-corrected chi connectivity index (χ2v) is 5.05. The van der Waals surface area contributed by atoms with E-state index in [1.165, 1.54) is 7.11 Å². The molecule has 0 saturated heterocycles. The molecule has 0 spiro atoms. The van der Waals surface area contributed by atoms with E-state index in [2.05, 4.69) is 25.1 Å². The average Bonchev–Trinajstić information content (AvgIpc) is 2.26. The Labute approximate surface area is 97.9 Å². The summed E-state index contributed by atoms with van der Waals surface area (Å²) in [5.41, 5.74) is -0.735. The van der Waals surface area contributed by atoms with Gasteiger partial charge in [-0.2, -0.15) is 0 Å². The predicted octanol–water partition coefficient (Wildman–Crippen LogP) is 1.72. The van der Waals surface area contributed by atoms with Crippen molar-refractivity contribution in [3.05, 3.63) is 0 Å². The minimum absolute atomic E-state index is 0.116. The van der Waals surface area contributed by atoms with Crippen molar-refractivity contribution in [2.45, 2.75) is 45.1 Å². The molecule has 0 aromatic heterocycles. The van der Waals surface area contributed by atoms with E-state index in [4.69, 9.17) is 11.2 Å². The SMILES string of the molecule is C#CCNC1(C(=O)OC)CCCCC1(C)C. The van der Waals surface area contributed by atoms with Crippen LogP contribution in [-0.2, 0) is 9.53 Å². The molecule has 1 aliphatic rings. The Hall–Kier alpha value is -1.01. The molecular formula is C13H21NO2. The smallest absolute Gasteiger partial charge is 0.326 e. The molecule has 0 heterocycles. The third-order valence-corrected chi connectivity index (χ3v) is 3.78. The van der Waals surface area contributed by atoms with Gasteiger partial charge in [-0.05, 0) is 18.3 Å². The van der Waals surface area contributed by atoms with Gasteiger partial charge in [0.1, 0.15) is 5.54 Å². The zero-order chi connectivity index (χ0) is 12.2. The molecule has 0 aromatic carbocycles. The van der Waals surface area contributed by atoms with E-state index in [1.807, 2.05) is 0 Å². The maximum absolute atomic E-state index is 12.1. The molecule has 0 radical (unpaired) electrons.